The molecule has 0 aliphatic rings. The molecule has 0 saturated heterocycles. The molecule has 0 bridgehead atoms. The molecule has 130 valence electrons. The van der Waals surface area contributed by atoms with Crippen LogP contribution in [0.4, 0.5) is 0 Å². The quantitative estimate of drug-likeness (QED) is 0.507. The third-order valence-electron chi connectivity index (χ3n) is 3.74. The number of methoxy groups -OCH3 is 1. The fourth-order valence-electron chi connectivity index (χ4n) is 2.36. The Balaban J connectivity index is 1.44. The normalized spacial score (nSPS) is 10.8. The highest BCUT2D eigenvalue weighted by molar-refractivity contribution is 7.98. The van der Waals surface area contributed by atoms with E-state index in [0.717, 1.165) is 35.8 Å². The number of aromatic nitrogens is 2. The predicted molar refractivity (Wildman–Crippen MR) is 100 cm³/mol. The second-order valence-corrected chi connectivity index (χ2v) is 6.94. The molecule has 0 unspecified atom stereocenters. The highest BCUT2D eigenvalue weighted by atomic mass is 35.5. The van der Waals surface area contributed by atoms with Crippen LogP contribution in [0.15, 0.2) is 58.2 Å². The molecular formula is C19H19ClN2O2S. The maximum absolute atomic E-state index is 5.89. The molecule has 0 amide bonds. The van der Waals surface area contributed by atoms with E-state index in [1.54, 1.807) is 7.11 Å². The molecule has 0 aliphatic carbocycles. The van der Waals surface area contributed by atoms with Gasteiger partial charge in [-0.15, -0.1) is 10.2 Å². The van der Waals surface area contributed by atoms with Crippen molar-refractivity contribution in [2.45, 2.75) is 30.2 Å². The molecule has 1 heterocycles. The van der Waals surface area contributed by atoms with Gasteiger partial charge in [0, 0.05) is 17.2 Å². The average molecular weight is 375 g/mol. The second kappa shape index (κ2) is 8.92. The summed E-state index contributed by atoms with van der Waals surface area (Å²) in [6, 6.07) is 15.9. The van der Waals surface area contributed by atoms with E-state index in [2.05, 4.69) is 22.3 Å². The van der Waals surface area contributed by atoms with Gasteiger partial charge in [-0.2, -0.15) is 0 Å². The molecule has 2 aromatic carbocycles. The minimum Gasteiger partial charge on any atom is -0.497 e. The Morgan fingerprint density at radius 1 is 0.960 bits per heavy atom. The lowest BCUT2D eigenvalue weighted by atomic mass is 10.1. The van der Waals surface area contributed by atoms with E-state index in [9.17, 15) is 0 Å². The summed E-state index contributed by atoms with van der Waals surface area (Å²) in [6.45, 7) is 0. The van der Waals surface area contributed by atoms with Crippen molar-refractivity contribution in [1.82, 2.24) is 10.2 Å². The van der Waals surface area contributed by atoms with Gasteiger partial charge in [-0.25, -0.2) is 0 Å². The number of nitrogens with zero attached hydrogens (tertiary/aromatic N) is 2. The maximum atomic E-state index is 5.89. The van der Waals surface area contributed by atoms with E-state index >= 15 is 0 Å². The first-order chi connectivity index (χ1) is 12.2. The van der Waals surface area contributed by atoms with Gasteiger partial charge in [0.2, 0.25) is 5.89 Å². The van der Waals surface area contributed by atoms with Crippen LogP contribution in [0, 0.1) is 0 Å². The first kappa shape index (κ1) is 17.8. The molecule has 0 atom stereocenters. The van der Waals surface area contributed by atoms with Gasteiger partial charge in [-0.1, -0.05) is 47.6 Å². The molecule has 3 aromatic rings. The predicted octanol–water partition coefficient (Wildman–Crippen LogP) is 5.20. The van der Waals surface area contributed by atoms with Crippen LogP contribution < -0.4 is 4.74 Å². The molecular weight excluding hydrogens is 356 g/mol. The molecule has 0 aliphatic heterocycles. The van der Waals surface area contributed by atoms with Gasteiger partial charge in [0.25, 0.3) is 5.22 Å². The summed E-state index contributed by atoms with van der Waals surface area (Å²) in [5.74, 6) is 2.35. The molecule has 0 N–H and O–H groups in total. The largest absolute Gasteiger partial charge is 0.497 e. The third kappa shape index (κ3) is 5.51. The SMILES string of the molecule is COc1ccc(CCCc2nnc(SCc3ccc(Cl)cc3)o2)cc1. The molecule has 6 heteroatoms. The first-order valence-corrected chi connectivity index (χ1v) is 9.42. The summed E-state index contributed by atoms with van der Waals surface area (Å²) in [5.41, 5.74) is 2.45. The standard InChI is InChI=1S/C19H19ClN2O2S/c1-23-17-11-7-14(8-12-17)3-2-4-18-21-22-19(24-18)25-13-15-5-9-16(20)10-6-15/h5-12H,2-4,13H2,1H3. The van der Waals surface area contributed by atoms with Crippen LogP contribution >= 0.6 is 23.4 Å². The second-order valence-electron chi connectivity index (χ2n) is 5.58. The topological polar surface area (TPSA) is 48.2 Å². The number of halogens is 1. The van der Waals surface area contributed by atoms with Crippen LogP contribution in [0.5, 0.6) is 5.75 Å². The maximum Gasteiger partial charge on any atom is 0.276 e. The van der Waals surface area contributed by atoms with E-state index < -0.39 is 0 Å². The Kier molecular flexibility index (Phi) is 6.36. The number of rotatable bonds is 8. The number of aryl methyl sites for hydroxylation is 2. The highest BCUT2D eigenvalue weighted by Gasteiger charge is 2.07. The monoisotopic (exact) mass is 374 g/mol. The fraction of sp³-hybridized carbons (Fsp3) is 0.263. The molecule has 1 aromatic heterocycles. The Labute approximate surface area is 156 Å². The van der Waals surface area contributed by atoms with E-state index in [4.69, 9.17) is 20.8 Å². The summed E-state index contributed by atoms with van der Waals surface area (Å²) in [5, 5.41) is 9.57. The van der Waals surface area contributed by atoms with E-state index in [-0.39, 0.29) is 0 Å². The number of hydrogen-bond acceptors (Lipinski definition) is 5. The number of hydrogen-bond donors (Lipinski definition) is 0. The van der Waals surface area contributed by atoms with E-state index in [0.29, 0.717) is 11.1 Å². The van der Waals surface area contributed by atoms with Crippen LogP contribution in [-0.4, -0.2) is 17.3 Å². The molecule has 4 nitrogen and oxygen atoms in total. The fourth-order valence-corrected chi connectivity index (χ4v) is 3.22. The number of benzene rings is 2. The van der Waals surface area contributed by atoms with Gasteiger partial charge in [0.1, 0.15) is 5.75 Å². The van der Waals surface area contributed by atoms with Gasteiger partial charge < -0.3 is 9.15 Å². The van der Waals surface area contributed by atoms with Gasteiger partial charge >= 0.3 is 0 Å². The van der Waals surface area contributed by atoms with Crippen LogP contribution in [0.25, 0.3) is 0 Å². The zero-order chi connectivity index (χ0) is 17.5. The third-order valence-corrected chi connectivity index (χ3v) is 4.88. The van der Waals surface area contributed by atoms with Gasteiger partial charge in [0.15, 0.2) is 0 Å². The average Bonchev–Trinajstić information content (AvgIpc) is 3.10. The van der Waals surface area contributed by atoms with Gasteiger partial charge in [-0.05, 0) is 48.2 Å². The summed E-state index contributed by atoms with van der Waals surface area (Å²) in [4.78, 5) is 0. The Hall–Kier alpha value is -1.98. The molecule has 0 radical (unpaired) electrons. The Morgan fingerprint density at radius 2 is 1.68 bits per heavy atom. The smallest absolute Gasteiger partial charge is 0.276 e. The lowest BCUT2D eigenvalue weighted by Gasteiger charge is -2.02. The lowest BCUT2D eigenvalue weighted by Crippen LogP contribution is -1.91. The minimum atomic E-state index is 0.606. The van der Waals surface area contributed by atoms with Crippen LogP contribution in [-0.2, 0) is 18.6 Å². The van der Waals surface area contributed by atoms with E-state index in [1.165, 1.54) is 22.9 Å². The molecule has 25 heavy (non-hydrogen) atoms. The van der Waals surface area contributed by atoms with Crippen molar-refractivity contribution in [2.75, 3.05) is 7.11 Å². The first-order valence-electron chi connectivity index (χ1n) is 8.05. The minimum absolute atomic E-state index is 0.606. The van der Waals surface area contributed by atoms with Crippen LogP contribution in [0.3, 0.4) is 0 Å². The van der Waals surface area contributed by atoms with Crippen molar-refractivity contribution in [1.29, 1.82) is 0 Å². The van der Waals surface area contributed by atoms with Crippen molar-refractivity contribution >= 4 is 23.4 Å². The highest BCUT2D eigenvalue weighted by Crippen LogP contribution is 2.23. The molecule has 0 saturated carbocycles. The summed E-state index contributed by atoms with van der Waals surface area (Å²) in [6.07, 6.45) is 2.72. The zero-order valence-corrected chi connectivity index (χ0v) is 15.5. The summed E-state index contributed by atoms with van der Waals surface area (Å²) in [7, 11) is 1.67. The summed E-state index contributed by atoms with van der Waals surface area (Å²) < 4.78 is 10.9. The van der Waals surface area contributed by atoms with Crippen molar-refractivity contribution < 1.29 is 9.15 Å². The molecule has 3 rings (SSSR count). The van der Waals surface area contributed by atoms with Crippen molar-refractivity contribution in [3.63, 3.8) is 0 Å². The van der Waals surface area contributed by atoms with Crippen molar-refractivity contribution in [2.24, 2.45) is 0 Å². The van der Waals surface area contributed by atoms with Crippen LogP contribution in [0.2, 0.25) is 5.02 Å². The lowest BCUT2D eigenvalue weighted by molar-refractivity contribution is 0.409. The van der Waals surface area contributed by atoms with Crippen LogP contribution in [0.1, 0.15) is 23.4 Å². The Bertz CT molecular complexity index is 788. The van der Waals surface area contributed by atoms with Gasteiger partial charge in [0.05, 0.1) is 7.11 Å². The number of ether oxygens (including phenoxy) is 1. The molecule has 0 fully saturated rings. The zero-order valence-electron chi connectivity index (χ0n) is 13.9. The van der Waals surface area contributed by atoms with E-state index in [1.807, 2.05) is 36.4 Å². The summed E-state index contributed by atoms with van der Waals surface area (Å²) >= 11 is 7.42. The van der Waals surface area contributed by atoms with Crippen molar-refractivity contribution in [3.05, 3.63) is 70.6 Å². The van der Waals surface area contributed by atoms with Gasteiger partial charge in [-0.3, -0.25) is 0 Å². The van der Waals surface area contributed by atoms with Crippen molar-refractivity contribution in [3.8, 4) is 5.75 Å². The molecule has 0 spiro atoms. The number of thioether (sulfide) groups is 1. The Morgan fingerprint density at radius 3 is 2.40 bits per heavy atom.